The molecular formula is C29H36F3NO3. The molecule has 9 unspecified atom stereocenters. The smallest absolute Gasteiger partial charge is 0.411 e. The number of hydrogen-bond donors (Lipinski definition) is 0. The molecule has 196 valence electrons. The fourth-order valence-electron chi connectivity index (χ4n) is 8.72. The predicted molar refractivity (Wildman–Crippen MR) is 128 cm³/mol. The zero-order chi connectivity index (χ0) is 25.7. The minimum absolute atomic E-state index is 0.0493. The molecule has 4 aliphatic carbocycles. The van der Waals surface area contributed by atoms with Gasteiger partial charge >= 0.3 is 12.1 Å². The zero-order valence-electron chi connectivity index (χ0n) is 21.1. The fourth-order valence-corrected chi connectivity index (χ4v) is 8.72. The Balaban J connectivity index is 1.38. The van der Waals surface area contributed by atoms with E-state index in [9.17, 15) is 23.2 Å². The molecule has 5 rings (SSSR count). The second kappa shape index (κ2) is 9.35. The van der Waals surface area contributed by atoms with Crippen LogP contribution >= 0.6 is 0 Å². The van der Waals surface area contributed by atoms with E-state index in [1.54, 1.807) is 30.3 Å². The summed E-state index contributed by atoms with van der Waals surface area (Å²) in [4.78, 5) is 12.8. The molecule has 9 atom stereocenters. The minimum atomic E-state index is -4.44. The van der Waals surface area contributed by atoms with Crippen LogP contribution in [0.5, 0.6) is 0 Å². The summed E-state index contributed by atoms with van der Waals surface area (Å²) in [5.74, 6) is 1.26. The maximum atomic E-state index is 13.2. The average Bonchev–Trinajstić information content (AvgIpc) is 3.19. The molecule has 0 aromatic heterocycles. The third kappa shape index (κ3) is 4.44. The first-order chi connectivity index (χ1) is 17.0. The molecule has 0 saturated heterocycles. The van der Waals surface area contributed by atoms with Crippen molar-refractivity contribution in [2.45, 2.75) is 83.6 Å². The second-order valence-corrected chi connectivity index (χ2v) is 12.2. The van der Waals surface area contributed by atoms with Crippen molar-refractivity contribution in [1.82, 2.24) is 0 Å². The maximum Gasteiger partial charge on any atom is 0.411 e. The first kappa shape index (κ1) is 25.6. The number of halogens is 3. The first-order valence-electron chi connectivity index (χ1n) is 13.4. The van der Waals surface area contributed by atoms with Crippen molar-refractivity contribution >= 4 is 5.97 Å². The molecule has 4 saturated carbocycles. The van der Waals surface area contributed by atoms with Gasteiger partial charge in [0.25, 0.3) is 0 Å². The first-order valence-corrected chi connectivity index (χ1v) is 13.4. The molecule has 0 bridgehead atoms. The van der Waals surface area contributed by atoms with E-state index in [4.69, 9.17) is 9.47 Å². The Kier molecular flexibility index (Phi) is 6.64. The monoisotopic (exact) mass is 503 g/mol. The Hall–Kier alpha value is -2.07. The van der Waals surface area contributed by atoms with Crippen LogP contribution in [0.1, 0.15) is 75.6 Å². The summed E-state index contributed by atoms with van der Waals surface area (Å²) in [6.07, 6.45) is 1.16. The molecule has 0 radical (unpaired) electrons. The number of alkyl halides is 3. The van der Waals surface area contributed by atoms with Gasteiger partial charge in [-0.2, -0.15) is 18.4 Å². The van der Waals surface area contributed by atoms with Crippen molar-refractivity contribution in [3.63, 3.8) is 0 Å². The van der Waals surface area contributed by atoms with Gasteiger partial charge in [-0.05, 0) is 98.0 Å². The summed E-state index contributed by atoms with van der Waals surface area (Å²) < 4.78 is 50.8. The third-order valence-corrected chi connectivity index (χ3v) is 10.5. The van der Waals surface area contributed by atoms with E-state index in [-0.39, 0.29) is 22.7 Å². The number of rotatable bonds is 4. The number of esters is 1. The number of hydrogen-bond acceptors (Lipinski definition) is 4. The molecule has 0 N–H and O–H groups in total. The van der Waals surface area contributed by atoms with Crippen molar-refractivity contribution in [2.24, 2.45) is 40.4 Å². The number of carbonyl (C=O) groups excluding carboxylic acids is 1. The Morgan fingerprint density at radius 3 is 2.44 bits per heavy atom. The molecular weight excluding hydrogens is 467 g/mol. The number of fused-ring (bicyclic) bond motifs is 5. The molecule has 0 heterocycles. The van der Waals surface area contributed by atoms with Gasteiger partial charge < -0.3 is 9.47 Å². The number of carbonyl (C=O) groups is 1. The highest BCUT2D eigenvalue weighted by atomic mass is 19.4. The summed E-state index contributed by atoms with van der Waals surface area (Å²) in [6.45, 7) is 3.20. The van der Waals surface area contributed by atoms with E-state index >= 15 is 0 Å². The topological polar surface area (TPSA) is 59.3 Å². The lowest BCUT2D eigenvalue weighted by molar-refractivity contribution is -0.220. The lowest BCUT2D eigenvalue weighted by Gasteiger charge is -2.61. The van der Waals surface area contributed by atoms with Gasteiger partial charge in [0.15, 0.2) is 0 Å². The molecule has 4 aliphatic rings. The average molecular weight is 504 g/mol. The van der Waals surface area contributed by atoms with E-state index in [0.29, 0.717) is 36.2 Å². The van der Waals surface area contributed by atoms with Crippen molar-refractivity contribution in [2.75, 3.05) is 6.61 Å². The summed E-state index contributed by atoms with van der Waals surface area (Å²) in [5.41, 5.74) is 0.276. The van der Waals surface area contributed by atoms with Gasteiger partial charge in [0.2, 0.25) is 0 Å². The van der Waals surface area contributed by atoms with Crippen molar-refractivity contribution in [1.29, 1.82) is 5.26 Å². The van der Waals surface area contributed by atoms with Crippen LogP contribution in [0.4, 0.5) is 13.2 Å². The van der Waals surface area contributed by atoms with Crippen LogP contribution in [0.15, 0.2) is 30.3 Å². The molecule has 7 heteroatoms. The van der Waals surface area contributed by atoms with Crippen LogP contribution in [0.2, 0.25) is 0 Å². The highest BCUT2D eigenvalue weighted by Crippen LogP contribution is 2.67. The Labute approximate surface area is 211 Å². The van der Waals surface area contributed by atoms with Crippen LogP contribution in [0.3, 0.4) is 0 Å². The summed E-state index contributed by atoms with van der Waals surface area (Å²) in [7, 11) is 0. The summed E-state index contributed by atoms with van der Waals surface area (Å²) in [5, 5.41) is 9.75. The number of ether oxygens (including phenoxy) is 2. The number of benzene rings is 1. The fraction of sp³-hybridized carbons (Fsp3) is 0.724. The zero-order valence-corrected chi connectivity index (χ0v) is 21.1. The number of nitriles is 1. The highest BCUT2D eigenvalue weighted by Gasteiger charge is 2.62. The van der Waals surface area contributed by atoms with Crippen LogP contribution in [0, 0.1) is 51.8 Å². The van der Waals surface area contributed by atoms with Crippen LogP contribution in [-0.4, -0.2) is 31.0 Å². The Bertz CT molecular complexity index is 1010. The lowest BCUT2D eigenvalue weighted by atomic mass is 9.44. The van der Waals surface area contributed by atoms with Gasteiger partial charge in [0, 0.05) is 0 Å². The lowest BCUT2D eigenvalue weighted by Crippen LogP contribution is -2.57. The quantitative estimate of drug-likeness (QED) is 0.417. The third-order valence-electron chi connectivity index (χ3n) is 10.5. The van der Waals surface area contributed by atoms with E-state index in [2.05, 4.69) is 19.9 Å². The van der Waals surface area contributed by atoms with Gasteiger partial charge in [-0.3, -0.25) is 0 Å². The molecule has 36 heavy (non-hydrogen) atoms. The summed E-state index contributed by atoms with van der Waals surface area (Å²) >= 11 is 0. The standard InChI is InChI=1S/C29H36F3NO3/c1-27-13-12-23-21(22(27)11-9-20(27)16-33)10-8-19-14-24(36-26(34)18-6-4-3-5-7-18)25(15-28(19,23)2)35-17-29(30,31)32/h3-7,19-25H,8-15,17H2,1-2H3. The molecule has 1 aromatic rings. The van der Waals surface area contributed by atoms with Crippen molar-refractivity contribution < 1.29 is 27.4 Å². The van der Waals surface area contributed by atoms with E-state index in [1.807, 2.05) is 0 Å². The van der Waals surface area contributed by atoms with Crippen LogP contribution < -0.4 is 0 Å². The highest BCUT2D eigenvalue weighted by molar-refractivity contribution is 5.89. The Morgan fingerprint density at radius 2 is 1.75 bits per heavy atom. The van der Waals surface area contributed by atoms with Gasteiger partial charge in [-0.25, -0.2) is 4.79 Å². The van der Waals surface area contributed by atoms with E-state index in [1.165, 1.54) is 0 Å². The van der Waals surface area contributed by atoms with Gasteiger partial charge in [-0.1, -0.05) is 32.0 Å². The van der Waals surface area contributed by atoms with Gasteiger partial charge in [-0.15, -0.1) is 0 Å². The van der Waals surface area contributed by atoms with Crippen molar-refractivity contribution in [3.8, 4) is 6.07 Å². The van der Waals surface area contributed by atoms with E-state index in [0.717, 1.165) is 38.5 Å². The predicted octanol–water partition coefficient (Wildman–Crippen LogP) is 6.95. The minimum Gasteiger partial charge on any atom is -0.456 e. The Morgan fingerprint density at radius 1 is 1.03 bits per heavy atom. The van der Waals surface area contributed by atoms with Crippen molar-refractivity contribution in [3.05, 3.63) is 35.9 Å². The van der Waals surface area contributed by atoms with E-state index < -0.39 is 31.0 Å². The molecule has 0 spiro atoms. The normalized spacial score (nSPS) is 41.9. The summed E-state index contributed by atoms with van der Waals surface area (Å²) in [6, 6.07) is 11.2. The van der Waals surface area contributed by atoms with Crippen LogP contribution in [-0.2, 0) is 9.47 Å². The van der Waals surface area contributed by atoms with Gasteiger partial charge in [0.1, 0.15) is 12.7 Å². The molecule has 0 amide bonds. The number of nitrogens with zero attached hydrogens (tertiary/aromatic N) is 1. The molecule has 0 aliphatic heterocycles. The maximum absolute atomic E-state index is 13.2. The molecule has 4 fully saturated rings. The van der Waals surface area contributed by atoms with Gasteiger partial charge in [0.05, 0.1) is 23.7 Å². The SMILES string of the molecule is CC12CCC3C(CCC4CC(OC(=O)c5ccccc5)C(OCC(F)(F)F)CC43C)C1CCC2C#N. The second-order valence-electron chi connectivity index (χ2n) is 12.2. The molecule has 4 nitrogen and oxygen atoms in total. The van der Waals surface area contributed by atoms with Crippen LogP contribution in [0.25, 0.3) is 0 Å². The molecule has 1 aromatic carbocycles. The largest absolute Gasteiger partial charge is 0.456 e.